The summed E-state index contributed by atoms with van der Waals surface area (Å²) in [4.78, 5) is 1.01. The number of nitrogens with one attached hydrogen (secondary N) is 1. The maximum atomic E-state index is 10.4. The van der Waals surface area contributed by atoms with Crippen LogP contribution in [-0.4, -0.2) is 29.7 Å². The van der Waals surface area contributed by atoms with Gasteiger partial charge in [0, 0.05) is 10.6 Å². The summed E-state index contributed by atoms with van der Waals surface area (Å²) in [7, 11) is 1.62. The Labute approximate surface area is 127 Å². The van der Waals surface area contributed by atoms with E-state index in [4.69, 9.17) is 4.74 Å². The molecule has 0 saturated heterocycles. The third-order valence-corrected chi connectivity index (χ3v) is 4.94. The van der Waals surface area contributed by atoms with Gasteiger partial charge in [-0.05, 0) is 29.8 Å². The molecule has 0 radical (unpaired) electrons. The highest BCUT2D eigenvalue weighted by molar-refractivity contribution is 7.99. The monoisotopic (exact) mass is 303 g/mol. The number of hydrogen-bond acceptors (Lipinski definition) is 5. The largest absolute Gasteiger partial charge is 0.497 e. The topological polar surface area (TPSA) is 61.7 Å². The van der Waals surface area contributed by atoms with Gasteiger partial charge in [0.25, 0.3) is 0 Å². The van der Waals surface area contributed by atoms with Crippen LogP contribution in [0.4, 0.5) is 5.69 Å². The van der Waals surface area contributed by atoms with Gasteiger partial charge in [-0.2, -0.15) is 0 Å². The number of aliphatic hydroxyl groups is 2. The fraction of sp³-hybridized carbons (Fsp3) is 0.250. The summed E-state index contributed by atoms with van der Waals surface area (Å²) in [5.41, 5.74) is 1.79. The molecule has 0 bridgehead atoms. The first-order chi connectivity index (χ1) is 10.2. The van der Waals surface area contributed by atoms with Crippen LogP contribution in [0.1, 0.15) is 10.8 Å². The summed E-state index contributed by atoms with van der Waals surface area (Å²) in [6, 6.07) is 15.3. The van der Waals surface area contributed by atoms with Crippen molar-refractivity contribution >= 4 is 17.4 Å². The predicted molar refractivity (Wildman–Crippen MR) is 83.7 cm³/mol. The Hall–Kier alpha value is -1.69. The number of hydrogen-bond donors (Lipinski definition) is 3. The van der Waals surface area contributed by atoms with Gasteiger partial charge in [-0.15, -0.1) is 11.8 Å². The number of thioether (sulfide) groups is 1. The van der Waals surface area contributed by atoms with Crippen molar-refractivity contribution in [3.63, 3.8) is 0 Å². The van der Waals surface area contributed by atoms with Gasteiger partial charge in [-0.3, -0.25) is 0 Å². The van der Waals surface area contributed by atoms with E-state index >= 15 is 0 Å². The third kappa shape index (κ3) is 2.85. The Morgan fingerprint density at radius 1 is 1.05 bits per heavy atom. The summed E-state index contributed by atoms with van der Waals surface area (Å²) >= 11 is 1.54. The average molecular weight is 303 g/mol. The number of benzene rings is 2. The predicted octanol–water partition coefficient (Wildman–Crippen LogP) is 2.63. The van der Waals surface area contributed by atoms with Crippen molar-refractivity contribution in [1.82, 2.24) is 0 Å². The van der Waals surface area contributed by atoms with Gasteiger partial charge in [0.2, 0.25) is 0 Å². The molecule has 0 unspecified atom stereocenters. The van der Waals surface area contributed by atoms with Crippen molar-refractivity contribution < 1.29 is 14.9 Å². The SMILES string of the molecule is COc1ccc([C@@H]2Sc3ccccc3N[C@H](O)[C@@H]2O)cc1. The van der Waals surface area contributed by atoms with E-state index in [1.165, 1.54) is 0 Å². The van der Waals surface area contributed by atoms with E-state index in [0.29, 0.717) is 0 Å². The molecule has 2 aromatic carbocycles. The molecule has 0 fully saturated rings. The minimum atomic E-state index is -1.01. The molecule has 1 aliphatic heterocycles. The van der Waals surface area contributed by atoms with E-state index in [-0.39, 0.29) is 5.25 Å². The highest BCUT2D eigenvalue weighted by Gasteiger charge is 2.32. The molecule has 0 spiro atoms. The Morgan fingerprint density at radius 2 is 1.76 bits per heavy atom. The van der Waals surface area contributed by atoms with Gasteiger partial charge in [0.05, 0.1) is 12.4 Å². The van der Waals surface area contributed by atoms with Crippen LogP contribution in [0.25, 0.3) is 0 Å². The second-order valence-corrected chi connectivity index (χ2v) is 6.07. The van der Waals surface area contributed by atoms with E-state index in [0.717, 1.165) is 21.9 Å². The van der Waals surface area contributed by atoms with E-state index in [9.17, 15) is 10.2 Å². The Bertz CT molecular complexity index is 617. The highest BCUT2D eigenvalue weighted by atomic mass is 32.2. The van der Waals surface area contributed by atoms with Crippen LogP contribution in [0.5, 0.6) is 5.75 Å². The van der Waals surface area contributed by atoms with Gasteiger partial charge in [0.1, 0.15) is 11.9 Å². The van der Waals surface area contributed by atoms with Gasteiger partial charge in [-0.25, -0.2) is 0 Å². The molecule has 1 heterocycles. The lowest BCUT2D eigenvalue weighted by Crippen LogP contribution is -2.35. The number of aliphatic hydroxyl groups excluding tert-OH is 2. The summed E-state index contributed by atoms with van der Waals surface area (Å²) in [5.74, 6) is 0.769. The minimum absolute atomic E-state index is 0.248. The molecule has 110 valence electrons. The lowest BCUT2D eigenvalue weighted by atomic mass is 10.1. The molecule has 0 saturated carbocycles. The van der Waals surface area contributed by atoms with Crippen molar-refractivity contribution in [3.05, 3.63) is 54.1 Å². The maximum Gasteiger partial charge on any atom is 0.152 e. The van der Waals surface area contributed by atoms with Crippen LogP contribution in [0, 0.1) is 0 Å². The summed E-state index contributed by atoms with van der Waals surface area (Å²) in [6.45, 7) is 0. The molecule has 0 aromatic heterocycles. The Kier molecular flexibility index (Phi) is 4.05. The number of ether oxygens (including phenoxy) is 1. The van der Waals surface area contributed by atoms with Gasteiger partial charge >= 0.3 is 0 Å². The van der Waals surface area contributed by atoms with Crippen molar-refractivity contribution in [2.45, 2.75) is 22.5 Å². The lowest BCUT2D eigenvalue weighted by molar-refractivity contribution is 0.0363. The van der Waals surface area contributed by atoms with E-state index in [1.807, 2.05) is 48.5 Å². The fourth-order valence-electron chi connectivity index (χ4n) is 2.36. The average Bonchev–Trinajstić information content (AvgIpc) is 2.65. The highest BCUT2D eigenvalue weighted by Crippen LogP contribution is 2.44. The maximum absolute atomic E-state index is 10.4. The molecule has 21 heavy (non-hydrogen) atoms. The standard InChI is InChI=1S/C16H17NO3S/c1-20-11-8-6-10(7-9-11)15-14(18)16(19)17-12-4-2-3-5-13(12)21-15/h2-9,14-19H,1H3/t14-,15+,16-/m1/s1. The van der Waals surface area contributed by atoms with Crippen molar-refractivity contribution in [2.24, 2.45) is 0 Å². The van der Waals surface area contributed by atoms with Crippen molar-refractivity contribution in [1.29, 1.82) is 0 Å². The zero-order chi connectivity index (χ0) is 14.8. The second kappa shape index (κ2) is 5.97. The van der Waals surface area contributed by atoms with Crippen LogP contribution in [0.2, 0.25) is 0 Å². The Morgan fingerprint density at radius 3 is 2.48 bits per heavy atom. The molecule has 1 aliphatic rings. The molecule has 2 aromatic rings. The molecule has 0 aliphatic carbocycles. The molecule has 5 heteroatoms. The molecule has 3 N–H and O–H groups in total. The van der Waals surface area contributed by atoms with Crippen LogP contribution >= 0.6 is 11.8 Å². The number of methoxy groups -OCH3 is 1. The minimum Gasteiger partial charge on any atom is -0.497 e. The zero-order valence-corrected chi connectivity index (χ0v) is 12.4. The number of anilines is 1. The van der Waals surface area contributed by atoms with Crippen LogP contribution < -0.4 is 10.1 Å². The molecular formula is C16H17NO3S. The van der Waals surface area contributed by atoms with Gasteiger partial charge in [-0.1, -0.05) is 24.3 Å². The van der Waals surface area contributed by atoms with E-state index < -0.39 is 12.3 Å². The number of rotatable bonds is 2. The fourth-order valence-corrected chi connectivity index (χ4v) is 3.63. The van der Waals surface area contributed by atoms with Crippen LogP contribution in [0.3, 0.4) is 0 Å². The molecule has 3 atom stereocenters. The van der Waals surface area contributed by atoms with E-state index in [2.05, 4.69) is 5.32 Å². The first-order valence-electron chi connectivity index (χ1n) is 6.71. The first-order valence-corrected chi connectivity index (χ1v) is 7.59. The summed E-state index contributed by atoms with van der Waals surface area (Å²) in [5, 5.41) is 23.2. The number of fused-ring (bicyclic) bond motifs is 1. The lowest BCUT2D eigenvalue weighted by Gasteiger charge is -2.24. The molecular weight excluding hydrogens is 286 g/mol. The van der Waals surface area contributed by atoms with Crippen LogP contribution in [-0.2, 0) is 0 Å². The normalized spacial score (nSPS) is 24.6. The quantitative estimate of drug-likeness (QED) is 0.796. The van der Waals surface area contributed by atoms with Gasteiger partial charge in [0.15, 0.2) is 6.23 Å². The molecule has 4 nitrogen and oxygen atoms in total. The van der Waals surface area contributed by atoms with Gasteiger partial charge < -0.3 is 20.3 Å². The van der Waals surface area contributed by atoms with Crippen LogP contribution in [0.15, 0.2) is 53.4 Å². The first kappa shape index (κ1) is 14.3. The molecule has 0 amide bonds. The van der Waals surface area contributed by atoms with Crippen molar-refractivity contribution in [3.8, 4) is 5.75 Å². The third-order valence-electron chi connectivity index (χ3n) is 3.52. The van der Waals surface area contributed by atoms with Crippen molar-refractivity contribution in [2.75, 3.05) is 12.4 Å². The summed E-state index contributed by atoms with van der Waals surface area (Å²) < 4.78 is 5.15. The Balaban J connectivity index is 1.96. The van der Waals surface area contributed by atoms with E-state index in [1.54, 1.807) is 18.9 Å². The number of para-hydroxylation sites is 1. The smallest absolute Gasteiger partial charge is 0.152 e. The zero-order valence-electron chi connectivity index (χ0n) is 11.6. The molecule has 3 rings (SSSR count). The second-order valence-electron chi connectivity index (χ2n) is 4.89. The summed E-state index contributed by atoms with van der Waals surface area (Å²) in [6.07, 6.45) is -1.91.